The number of hydrogen-bond acceptors (Lipinski definition) is 4. The Morgan fingerprint density at radius 2 is 1.81 bits per heavy atom. The summed E-state index contributed by atoms with van der Waals surface area (Å²) in [6.07, 6.45) is 0. The first kappa shape index (κ1) is 20.4. The first-order valence-corrected chi connectivity index (χ1v) is 8.98. The molecule has 0 heterocycles. The predicted octanol–water partition coefficient (Wildman–Crippen LogP) is 2.09. The van der Waals surface area contributed by atoms with Gasteiger partial charge in [0.2, 0.25) is 0 Å². The van der Waals surface area contributed by atoms with Gasteiger partial charge >= 0.3 is 0 Å². The number of hydrogen-bond donors (Lipinski definition) is 2. The maximum atomic E-state index is 12.7. The quantitative estimate of drug-likeness (QED) is 0.550. The number of anilines is 2. The van der Waals surface area contributed by atoms with Crippen LogP contribution in [0.5, 0.6) is 0 Å². The van der Waals surface area contributed by atoms with Gasteiger partial charge < -0.3 is 15.1 Å². The maximum Gasteiger partial charge on any atom is 0.292 e. The number of benzene rings is 2. The highest BCUT2D eigenvalue weighted by atomic mass is 16.6. The van der Waals surface area contributed by atoms with E-state index in [1.54, 1.807) is 18.2 Å². The summed E-state index contributed by atoms with van der Waals surface area (Å²) < 4.78 is 0. The van der Waals surface area contributed by atoms with Crippen LogP contribution >= 0.6 is 0 Å². The Morgan fingerprint density at radius 1 is 1.19 bits per heavy atom. The van der Waals surface area contributed by atoms with Crippen molar-refractivity contribution in [2.24, 2.45) is 0 Å². The summed E-state index contributed by atoms with van der Waals surface area (Å²) in [6.45, 7) is 5.34. The highest BCUT2D eigenvalue weighted by Crippen LogP contribution is 2.23. The van der Waals surface area contributed by atoms with Crippen molar-refractivity contribution in [3.63, 3.8) is 0 Å². The molecule has 0 aliphatic carbocycles. The van der Waals surface area contributed by atoms with E-state index in [0.29, 0.717) is 6.54 Å². The molecule has 0 bridgehead atoms. The van der Waals surface area contributed by atoms with Crippen LogP contribution in [0.15, 0.2) is 48.5 Å². The van der Waals surface area contributed by atoms with Gasteiger partial charge in [0, 0.05) is 31.4 Å². The highest BCUT2D eigenvalue weighted by Gasteiger charge is 2.26. The topological polar surface area (TPSA) is 79.9 Å². The predicted molar refractivity (Wildman–Crippen MR) is 107 cm³/mol. The van der Waals surface area contributed by atoms with Crippen LogP contribution in [0.2, 0.25) is 0 Å². The molecule has 7 nitrogen and oxygen atoms in total. The second-order valence-corrected chi connectivity index (χ2v) is 6.73. The molecular weight excluding hydrogens is 344 g/mol. The number of nitro groups is 1. The number of amides is 1. The van der Waals surface area contributed by atoms with Gasteiger partial charge in [-0.25, -0.2) is 0 Å². The minimum absolute atomic E-state index is 0.102. The Kier molecular flexibility index (Phi) is 6.90. The number of para-hydroxylation sites is 2. The standard InChI is InChI=1S/C20H26N4O3/c1-5-23(14-16-10-12-17(13-11-16)22(3)4)15(2)20(25)21-18-8-6-7-9-19(18)24(26)27/h6-13,15H,5,14H2,1-4H3,(H,21,25)/p+1/t15-/m0/s1. The SMILES string of the molecule is CC[NH+](Cc1ccc(N(C)C)cc1)[C@@H](C)C(=O)Nc1ccccc1[N+](=O)[O-]. The number of rotatable bonds is 8. The number of quaternary nitrogens is 1. The first-order valence-electron chi connectivity index (χ1n) is 8.98. The molecule has 2 aromatic rings. The van der Waals surface area contributed by atoms with Crippen LogP contribution in [0.3, 0.4) is 0 Å². The lowest BCUT2D eigenvalue weighted by atomic mass is 10.1. The van der Waals surface area contributed by atoms with Crippen molar-refractivity contribution >= 4 is 23.0 Å². The van der Waals surface area contributed by atoms with Crippen LogP contribution in [-0.2, 0) is 11.3 Å². The number of nitrogens with zero attached hydrogens (tertiary/aromatic N) is 2. The largest absolute Gasteiger partial charge is 0.378 e. The first-order chi connectivity index (χ1) is 12.8. The Hall–Kier alpha value is -2.93. The van der Waals surface area contributed by atoms with Crippen molar-refractivity contribution in [2.45, 2.75) is 26.4 Å². The van der Waals surface area contributed by atoms with Crippen LogP contribution in [0.25, 0.3) is 0 Å². The maximum absolute atomic E-state index is 12.7. The molecule has 0 saturated heterocycles. The third-order valence-corrected chi connectivity index (χ3v) is 4.70. The van der Waals surface area contributed by atoms with Crippen molar-refractivity contribution in [3.8, 4) is 0 Å². The average molecular weight is 371 g/mol. The minimum Gasteiger partial charge on any atom is -0.378 e. The Balaban J connectivity index is 2.08. The van der Waals surface area contributed by atoms with E-state index >= 15 is 0 Å². The summed E-state index contributed by atoms with van der Waals surface area (Å²) in [4.78, 5) is 26.4. The summed E-state index contributed by atoms with van der Waals surface area (Å²) >= 11 is 0. The highest BCUT2D eigenvalue weighted by molar-refractivity contribution is 5.95. The summed E-state index contributed by atoms with van der Waals surface area (Å²) in [5.41, 5.74) is 2.39. The summed E-state index contributed by atoms with van der Waals surface area (Å²) in [5.74, 6) is -0.230. The average Bonchev–Trinajstić information content (AvgIpc) is 2.66. The Labute approximate surface area is 159 Å². The zero-order valence-electron chi connectivity index (χ0n) is 16.2. The van der Waals surface area contributed by atoms with Gasteiger partial charge in [0.25, 0.3) is 11.6 Å². The van der Waals surface area contributed by atoms with Crippen LogP contribution in [-0.4, -0.2) is 37.5 Å². The molecule has 0 saturated carbocycles. The molecule has 7 heteroatoms. The van der Waals surface area contributed by atoms with E-state index in [-0.39, 0.29) is 23.3 Å². The third kappa shape index (κ3) is 5.27. The molecule has 0 aromatic heterocycles. The van der Waals surface area contributed by atoms with E-state index in [9.17, 15) is 14.9 Å². The van der Waals surface area contributed by atoms with Crippen LogP contribution in [0, 0.1) is 10.1 Å². The molecule has 0 aliphatic heterocycles. The van der Waals surface area contributed by atoms with Crippen molar-refractivity contribution in [1.82, 2.24) is 0 Å². The summed E-state index contributed by atoms with van der Waals surface area (Å²) in [6, 6.07) is 14.1. The lowest BCUT2D eigenvalue weighted by Gasteiger charge is -2.24. The fourth-order valence-electron chi connectivity index (χ4n) is 2.92. The van der Waals surface area contributed by atoms with E-state index in [1.807, 2.05) is 32.8 Å². The van der Waals surface area contributed by atoms with Crippen molar-refractivity contribution in [2.75, 3.05) is 30.9 Å². The second kappa shape index (κ2) is 9.14. The molecule has 2 rings (SSSR count). The van der Waals surface area contributed by atoms with Gasteiger partial charge in [-0.05, 0) is 32.0 Å². The molecule has 1 amide bonds. The number of nitro benzene ring substituents is 1. The zero-order chi connectivity index (χ0) is 20.0. The fraction of sp³-hybridized carbons (Fsp3) is 0.350. The number of carbonyl (C=O) groups excluding carboxylic acids is 1. The number of likely N-dealkylation sites (N-methyl/N-ethyl adjacent to an activating group) is 1. The molecule has 144 valence electrons. The van der Waals surface area contributed by atoms with Gasteiger partial charge in [-0.3, -0.25) is 14.9 Å². The Morgan fingerprint density at radius 3 is 2.37 bits per heavy atom. The van der Waals surface area contributed by atoms with E-state index in [4.69, 9.17) is 0 Å². The lowest BCUT2D eigenvalue weighted by Crippen LogP contribution is -3.15. The third-order valence-electron chi connectivity index (χ3n) is 4.70. The number of carbonyl (C=O) groups is 1. The van der Waals surface area contributed by atoms with E-state index in [0.717, 1.165) is 22.7 Å². The number of nitrogens with one attached hydrogen (secondary N) is 2. The monoisotopic (exact) mass is 371 g/mol. The Bertz CT molecular complexity index is 790. The molecule has 0 radical (unpaired) electrons. The molecule has 1 unspecified atom stereocenters. The molecule has 0 spiro atoms. The smallest absolute Gasteiger partial charge is 0.292 e. The van der Waals surface area contributed by atoms with Gasteiger partial charge in [-0.1, -0.05) is 24.3 Å². The zero-order valence-corrected chi connectivity index (χ0v) is 16.2. The van der Waals surface area contributed by atoms with Gasteiger partial charge in [-0.15, -0.1) is 0 Å². The summed E-state index contributed by atoms with van der Waals surface area (Å²) in [5, 5.41) is 13.8. The van der Waals surface area contributed by atoms with E-state index in [1.165, 1.54) is 6.07 Å². The van der Waals surface area contributed by atoms with E-state index in [2.05, 4.69) is 29.6 Å². The van der Waals surface area contributed by atoms with Crippen molar-refractivity contribution in [3.05, 3.63) is 64.2 Å². The molecule has 2 N–H and O–H groups in total. The molecule has 2 atom stereocenters. The van der Waals surface area contributed by atoms with Crippen LogP contribution < -0.4 is 15.1 Å². The van der Waals surface area contributed by atoms with E-state index < -0.39 is 4.92 Å². The molecular formula is C20H27N4O3+. The summed E-state index contributed by atoms with van der Waals surface area (Å²) in [7, 11) is 3.99. The van der Waals surface area contributed by atoms with Gasteiger partial charge in [-0.2, -0.15) is 0 Å². The van der Waals surface area contributed by atoms with Gasteiger partial charge in [0.1, 0.15) is 12.2 Å². The molecule has 0 aliphatic rings. The lowest BCUT2D eigenvalue weighted by molar-refractivity contribution is -0.925. The molecule has 27 heavy (non-hydrogen) atoms. The van der Waals surface area contributed by atoms with Crippen molar-refractivity contribution < 1.29 is 14.6 Å². The second-order valence-electron chi connectivity index (χ2n) is 6.73. The molecule has 2 aromatic carbocycles. The van der Waals surface area contributed by atoms with Gasteiger partial charge in [0.05, 0.1) is 11.5 Å². The molecule has 0 fully saturated rings. The minimum atomic E-state index is -0.489. The fourth-order valence-corrected chi connectivity index (χ4v) is 2.92. The van der Waals surface area contributed by atoms with Gasteiger partial charge in [0.15, 0.2) is 6.04 Å². The van der Waals surface area contributed by atoms with Crippen LogP contribution in [0.4, 0.5) is 17.1 Å². The van der Waals surface area contributed by atoms with Crippen LogP contribution in [0.1, 0.15) is 19.4 Å². The van der Waals surface area contributed by atoms with Crippen molar-refractivity contribution in [1.29, 1.82) is 0 Å². The normalized spacial score (nSPS) is 12.9.